The smallest absolute Gasteiger partial charge is 0.162 e. The van der Waals surface area contributed by atoms with Crippen LogP contribution in [0.15, 0.2) is 127 Å². The summed E-state index contributed by atoms with van der Waals surface area (Å²) in [6.45, 7) is 7.97. The third kappa shape index (κ3) is 5.09. The van der Waals surface area contributed by atoms with Crippen LogP contribution in [0.3, 0.4) is 0 Å². The summed E-state index contributed by atoms with van der Waals surface area (Å²) >= 11 is 0. The molecule has 3 aliphatic rings. The average Bonchev–Trinajstić information content (AvgIpc) is 3.81. The van der Waals surface area contributed by atoms with E-state index in [4.69, 9.17) is 9.97 Å². The molecule has 9 rings (SSSR count). The van der Waals surface area contributed by atoms with Crippen LogP contribution in [0.4, 0.5) is 11.4 Å². The number of anilines is 2. The van der Waals surface area contributed by atoms with Gasteiger partial charge in [-0.3, -0.25) is 4.57 Å². The Hall–Kier alpha value is -5.16. The van der Waals surface area contributed by atoms with Crippen molar-refractivity contribution in [1.29, 1.82) is 0 Å². The van der Waals surface area contributed by atoms with E-state index in [-0.39, 0.29) is 0 Å². The van der Waals surface area contributed by atoms with E-state index in [1.54, 1.807) is 5.57 Å². The molecule has 5 nitrogen and oxygen atoms in total. The van der Waals surface area contributed by atoms with Gasteiger partial charge in [0, 0.05) is 64.3 Å². The van der Waals surface area contributed by atoms with E-state index in [1.807, 2.05) is 0 Å². The van der Waals surface area contributed by atoms with Gasteiger partial charge in [0.1, 0.15) is 5.82 Å². The molecule has 4 heterocycles. The highest BCUT2D eigenvalue weighted by molar-refractivity contribution is 6.10. The number of allylic oxidation sites excluding steroid dienone is 2. The lowest BCUT2D eigenvalue weighted by atomic mass is 9.95. The van der Waals surface area contributed by atoms with Crippen molar-refractivity contribution < 1.29 is 0 Å². The molecule has 3 atom stereocenters. The Kier molecular flexibility index (Phi) is 6.96. The molecule has 3 unspecified atom stereocenters. The summed E-state index contributed by atoms with van der Waals surface area (Å²) < 4.78 is 2.35. The number of aromatic nitrogens is 3. The van der Waals surface area contributed by atoms with Gasteiger partial charge in [-0.15, -0.1) is 0 Å². The summed E-state index contributed by atoms with van der Waals surface area (Å²) in [7, 11) is 0. The van der Waals surface area contributed by atoms with Crippen molar-refractivity contribution >= 4 is 33.2 Å². The highest BCUT2D eigenvalue weighted by Crippen LogP contribution is 2.47. The molecule has 6 aromatic rings. The molecule has 0 amide bonds. The predicted octanol–water partition coefficient (Wildman–Crippen LogP) is 10.6. The Morgan fingerprint density at radius 1 is 0.708 bits per heavy atom. The maximum absolute atomic E-state index is 5.37. The number of nitrogens with zero attached hydrogens (tertiary/aromatic N) is 5. The van der Waals surface area contributed by atoms with Crippen LogP contribution >= 0.6 is 0 Å². The van der Waals surface area contributed by atoms with Crippen molar-refractivity contribution in [1.82, 2.24) is 14.5 Å². The minimum Gasteiger partial charge on any atom is -0.348 e. The summed E-state index contributed by atoms with van der Waals surface area (Å²) in [5.74, 6) is 3.02. The molecule has 1 aliphatic carbocycles. The highest BCUT2D eigenvalue weighted by Gasteiger charge is 2.37. The Bertz CT molecular complexity index is 2240. The zero-order valence-corrected chi connectivity index (χ0v) is 28.0. The molecule has 0 radical (unpaired) electrons. The molecule has 5 heteroatoms. The molecule has 2 aromatic heterocycles. The molecule has 4 aromatic carbocycles. The predicted molar refractivity (Wildman–Crippen MR) is 199 cm³/mol. The van der Waals surface area contributed by atoms with Crippen LogP contribution in [-0.2, 0) is 0 Å². The van der Waals surface area contributed by atoms with Gasteiger partial charge in [-0.25, -0.2) is 9.97 Å². The first-order valence-electron chi connectivity index (χ1n) is 17.6. The number of fused-ring (bicyclic) bond motifs is 4. The van der Waals surface area contributed by atoms with Gasteiger partial charge < -0.3 is 9.80 Å². The molecule has 48 heavy (non-hydrogen) atoms. The zero-order chi connectivity index (χ0) is 32.4. The van der Waals surface area contributed by atoms with Gasteiger partial charge in [0.05, 0.1) is 16.7 Å². The maximum Gasteiger partial charge on any atom is 0.162 e. The Morgan fingerprint density at radius 3 is 2.40 bits per heavy atom. The third-order valence-corrected chi connectivity index (χ3v) is 10.6. The zero-order valence-electron chi connectivity index (χ0n) is 28.0. The fourth-order valence-corrected chi connectivity index (χ4v) is 7.99. The third-order valence-electron chi connectivity index (χ3n) is 10.6. The van der Waals surface area contributed by atoms with E-state index in [2.05, 4.69) is 151 Å². The van der Waals surface area contributed by atoms with Crippen molar-refractivity contribution in [2.24, 2.45) is 11.8 Å². The number of rotatable bonds is 6. The van der Waals surface area contributed by atoms with Gasteiger partial charge in [0.15, 0.2) is 5.82 Å². The summed E-state index contributed by atoms with van der Waals surface area (Å²) in [5, 5.41) is 2.46. The standard InChI is InChI=1S/C43H41N5/c1-4-30-19-28(2)25-46(26-30)35-14-10-13-32(22-35)43-44-39(31-11-6-5-7-12-31)24-42(45-43)48-40-16-9-8-15-37(40)38-18-17-36(23-41(38)48)47-27-34-21-33(34)20-29(47)3/h5-18,22-24,26-29,33H,4,19-21,25H2,1-3H3. The fourth-order valence-electron chi connectivity index (χ4n) is 7.99. The quantitative estimate of drug-likeness (QED) is 0.184. The average molecular weight is 628 g/mol. The lowest BCUT2D eigenvalue weighted by Gasteiger charge is -2.31. The van der Waals surface area contributed by atoms with E-state index in [9.17, 15) is 0 Å². The van der Waals surface area contributed by atoms with E-state index in [1.165, 1.54) is 47.0 Å². The van der Waals surface area contributed by atoms with Crippen LogP contribution in [-0.4, -0.2) is 27.1 Å². The largest absolute Gasteiger partial charge is 0.348 e. The minimum absolute atomic E-state index is 0.477. The summed E-state index contributed by atoms with van der Waals surface area (Å²) in [6.07, 6.45) is 9.49. The number of benzene rings is 4. The van der Waals surface area contributed by atoms with Crippen LogP contribution < -0.4 is 9.80 Å². The first-order chi connectivity index (χ1) is 23.5. The van der Waals surface area contributed by atoms with Crippen LogP contribution in [0, 0.1) is 11.8 Å². The van der Waals surface area contributed by atoms with E-state index in [0.29, 0.717) is 12.0 Å². The van der Waals surface area contributed by atoms with Crippen molar-refractivity contribution in [3.63, 3.8) is 0 Å². The van der Waals surface area contributed by atoms with Crippen molar-refractivity contribution in [3.8, 4) is 28.5 Å². The van der Waals surface area contributed by atoms with Gasteiger partial charge in [0.2, 0.25) is 0 Å². The second-order valence-corrected chi connectivity index (χ2v) is 14.1. The Balaban J connectivity index is 1.23. The molecular formula is C43H41N5. The van der Waals surface area contributed by atoms with E-state index >= 15 is 0 Å². The Labute approximate surface area is 282 Å². The second-order valence-electron chi connectivity index (χ2n) is 14.1. The van der Waals surface area contributed by atoms with Crippen LogP contribution in [0.25, 0.3) is 50.3 Å². The first kappa shape index (κ1) is 29.0. The second kappa shape index (κ2) is 11.5. The summed E-state index contributed by atoms with van der Waals surface area (Å²) in [5.41, 5.74) is 10.8. The lowest BCUT2D eigenvalue weighted by molar-refractivity contribution is 0.546. The summed E-state index contributed by atoms with van der Waals surface area (Å²) in [6, 6.07) is 37.6. The number of para-hydroxylation sites is 1. The van der Waals surface area contributed by atoms with Crippen molar-refractivity contribution in [3.05, 3.63) is 127 Å². The molecule has 0 N–H and O–H groups in total. The molecule has 0 saturated heterocycles. The normalized spacial score (nSPS) is 20.5. The van der Waals surface area contributed by atoms with Gasteiger partial charge in [-0.2, -0.15) is 0 Å². The lowest BCUT2D eigenvalue weighted by Crippen LogP contribution is -2.30. The monoisotopic (exact) mass is 627 g/mol. The van der Waals surface area contributed by atoms with Gasteiger partial charge in [0.25, 0.3) is 0 Å². The number of hydrogen-bond acceptors (Lipinski definition) is 4. The molecule has 0 bridgehead atoms. The fraction of sp³-hybridized carbons (Fsp3) is 0.256. The highest BCUT2D eigenvalue weighted by atomic mass is 15.2. The minimum atomic E-state index is 0.477. The summed E-state index contributed by atoms with van der Waals surface area (Å²) in [4.78, 5) is 15.5. The van der Waals surface area contributed by atoms with Crippen LogP contribution in [0.1, 0.15) is 46.5 Å². The van der Waals surface area contributed by atoms with Crippen molar-refractivity contribution in [2.75, 3.05) is 16.3 Å². The van der Waals surface area contributed by atoms with Crippen LogP contribution in [0.2, 0.25) is 0 Å². The number of hydrogen-bond donors (Lipinski definition) is 0. The Morgan fingerprint density at radius 2 is 1.52 bits per heavy atom. The molecule has 0 spiro atoms. The van der Waals surface area contributed by atoms with E-state index in [0.717, 1.165) is 58.4 Å². The first-order valence-corrected chi connectivity index (χ1v) is 17.6. The maximum atomic E-state index is 5.37. The van der Waals surface area contributed by atoms with Crippen molar-refractivity contribution in [2.45, 2.75) is 52.5 Å². The van der Waals surface area contributed by atoms with Gasteiger partial charge in [-0.05, 0) is 80.3 Å². The molecular weight excluding hydrogens is 587 g/mol. The molecule has 238 valence electrons. The molecule has 1 fully saturated rings. The van der Waals surface area contributed by atoms with E-state index < -0.39 is 0 Å². The SMILES string of the molecule is CCC1=CN(c2cccc(-c3nc(-c4ccccc4)cc(-n4c5ccccc5c5ccc(N6C=C7CC7CC6C)cc54)n3)c2)CC(C)C1. The van der Waals surface area contributed by atoms with Crippen LogP contribution in [0.5, 0.6) is 0 Å². The topological polar surface area (TPSA) is 37.2 Å². The molecule has 2 aliphatic heterocycles. The van der Waals surface area contributed by atoms with Gasteiger partial charge >= 0.3 is 0 Å². The molecule has 1 saturated carbocycles. The van der Waals surface area contributed by atoms with Gasteiger partial charge in [-0.1, -0.05) is 86.2 Å².